The summed E-state index contributed by atoms with van der Waals surface area (Å²) < 4.78 is 1.89. The zero-order valence-corrected chi connectivity index (χ0v) is 21.9. The third-order valence-electron chi connectivity index (χ3n) is 4.95. The number of carbonyl (C=O) groups is 2. The van der Waals surface area contributed by atoms with Gasteiger partial charge in [-0.05, 0) is 43.2 Å². The highest BCUT2D eigenvalue weighted by molar-refractivity contribution is 7.99. The Balaban J connectivity index is 1.73. The number of benzene rings is 2. The van der Waals surface area contributed by atoms with Crippen LogP contribution in [0.15, 0.2) is 47.6 Å². The number of hydrogen-bond acceptors (Lipinski definition) is 5. The van der Waals surface area contributed by atoms with Crippen molar-refractivity contribution in [2.24, 2.45) is 5.92 Å². The van der Waals surface area contributed by atoms with Crippen molar-refractivity contribution < 1.29 is 9.59 Å². The third-order valence-corrected chi connectivity index (χ3v) is 6.81. The summed E-state index contributed by atoms with van der Waals surface area (Å²) in [4.78, 5) is 25.3. The molecular formula is C23H24Cl3N5O2S. The molecule has 3 aromatic rings. The van der Waals surface area contributed by atoms with E-state index < -0.39 is 6.04 Å². The Kier molecular flexibility index (Phi) is 9.24. The Labute approximate surface area is 217 Å². The van der Waals surface area contributed by atoms with Crippen LogP contribution in [0.2, 0.25) is 15.1 Å². The smallest absolute Gasteiger partial charge is 0.253 e. The van der Waals surface area contributed by atoms with E-state index in [0.717, 1.165) is 0 Å². The molecule has 0 fully saturated rings. The largest absolute Gasteiger partial charge is 0.342 e. The van der Waals surface area contributed by atoms with Crippen LogP contribution in [0, 0.1) is 5.92 Å². The quantitative estimate of drug-likeness (QED) is 0.319. The van der Waals surface area contributed by atoms with E-state index in [1.807, 2.05) is 25.3 Å². The van der Waals surface area contributed by atoms with Gasteiger partial charge in [0.1, 0.15) is 0 Å². The average Bonchev–Trinajstić information content (AvgIpc) is 3.21. The van der Waals surface area contributed by atoms with Gasteiger partial charge in [0.2, 0.25) is 5.91 Å². The molecule has 0 aliphatic carbocycles. The fourth-order valence-electron chi connectivity index (χ4n) is 3.24. The maximum absolute atomic E-state index is 12.9. The van der Waals surface area contributed by atoms with Crippen molar-refractivity contribution in [3.63, 3.8) is 0 Å². The fourth-order valence-corrected chi connectivity index (χ4v) is 4.61. The summed E-state index contributed by atoms with van der Waals surface area (Å²) >= 11 is 19.5. The van der Waals surface area contributed by atoms with Crippen molar-refractivity contribution in [2.45, 2.75) is 38.5 Å². The molecular weight excluding hydrogens is 517 g/mol. The van der Waals surface area contributed by atoms with Crippen LogP contribution in [0.4, 0.5) is 5.69 Å². The van der Waals surface area contributed by atoms with Gasteiger partial charge in [0.15, 0.2) is 11.0 Å². The highest BCUT2D eigenvalue weighted by Gasteiger charge is 2.26. The van der Waals surface area contributed by atoms with Gasteiger partial charge in [0.05, 0.1) is 33.1 Å². The molecule has 180 valence electrons. The number of nitrogens with zero attached hydrogens (tertiary/aromatic N) is 3. The molecule has 1 aromatic heterocycles. The first-order valence-corrected chi connectivity index (χ1v) is 12.7. The molecule has 1 atom stereocenters. The number of nitrogens with one attached hydrogen (secondary N) is 2. The first-order valence-electron chi connectivity index (χ1n) is 10.6. The van der Waals surface area contributed by atoms with Crippen LogP contribution in [0.3, 0.4) is 0 Å². The molecule has 0 bridgehead atoms. The normalized spacial score (nSPS) is 12.0. The zero-order chi connectivity index (χ0) is 24.8. The Bertz CT molecular complexity index is 1190. The Morgan fingerprint density at radius 1 is 1.06 bits per heavy atom. The Morgan fingerprint density at radius 3 is 2.47 bits per heavy atom. The fraction of sp³-hybridized carbons (Fsp3) is 0.304. The van der Waals surface area contributed by atoms with Gasteiger partial charge in [0, 0.05) is 11.6 Å². The standard InChI is InChI=1S/C23H24Cl3N5O2S/c1-4-31-21(20(13(2)3)28-22(33)15-7-5-6-8-16(15)25)29-30-23(31)34-12-19(32)27-18-11-14(24)9-10-17(18)26/h5-11,13,20H,4,12H2,1-3H3,(H,27,32)(H,28,33)/t20-/m1/s1. The second kappa shape index (κ2) is 11.9. The molecule has 2 N–H and O–H groups in total. The molecule has 0 spiro atoms. The van der Waals surface area contributed by atoms with Gasteiger partial charge >= 0.3 is 0 Å². The van der Waals surface area contributed by atoms with Crippen LogP contribution in [0.25, 0.3) is 0 Å². The zero-order valence-electron chi connectivity index (χ0n) is 18.8. The van der Waals surface area contributed by atoms with Gasteiger partial charge in [-0.2, -0.15) is 0 Å². The SMILES string of the molecule is CCn1c(SCC(=O)Nc2cc(Cl)ccc2Cl)nnc1[C@H](NC(=O)c1ccccc1Cl)C(C)C. The lowest BCUT2D eigenvalue weighted by Crippen LogP contribution is -2.34. The second-order valence-corrected chi connectivity index (χ2v) is 9.91. The van der Waals surface area contributed by atoms with Gasteiger partial charge < -0.3 is 15.2 Å². The molecule has 0 saturated heterocycles. The minimum absolute atomic E-state index is 0.0343. The summed E-state index contributed by atoms with van der Waals surface area (Å²) in [5, 5.41) is 16.2. The molecule has 0 unspecified atom stereocenters. The van der Waals surface area contributed by atoms with E-state index in [0.29, 0.717) is 43.8 Å². The lowest BCUT2D eigenvalue weighted by molar-refractivity contribution is -0.113. The average molecular weight is 541 g/mol. The number of thioether (sulfide) groups is 1. The monoisotopic (exact) mass is 539 g/mol. The van der Waals surface area contributed by atoms with Crippen molar-refractivity contribution in [2.75, 3.05) is 11.1 Å². The molecule has 0 aliphatic heterocycles. The molecule has 0 aliphatic rings. The first kappa shape index (κ1) is 26.3. The van der Waals surface area contributed by atoms with Gasteiger partial charge in [0.25, 0.3) is 5.91 Å². The van der Waals surface area contributed by atoms with Gasteiger partial charge in [-0.25, -0.2) is 0 Å². The summed E-state index contributed by atoms with van der Waals surface area (Å²) in [6.45, 7) is 6.50. The molecule has 2 amide bonds. The highest BCUT2D eigenvalue weighted by Crippen LogP contribution is 2.28. The van der Waals surface area contributed by atoms with Crippen LogP contribution in [0.5, 0.6) is 0 Å². The van der Waals surface area contributed by atoms with E-state index in [-0.39, 0.29) is 23.5 Å². The van der Waals surface area contributed by atoms with Gasteiger partial charge in [-0.3, -0.25) is 9.59 Å². The lowest BCUT2D eigenvalue weighted by Gasteiger charge is -2.22. The van der Waals surface area contributed by atoms with Crippen molar-refractivity contribution >= 4 is 64.1 Å². The maximum atomic E-state index is 12.9. The number of carbonyl (C=O) groups excluding carboxylic acids is 2. The Hall–Kier alpha value is -2.26. The van der Waals surface area contributed by atoms with E-state index in [1.54, 1.807) is 42.5 Å². The summed E-state index contributed by atoms with van der Waals surface area (Å²) in [6.07, 6.45) is 0. The van der Waals surface area contributed by atoms with Crippen LogP contribution in [-0.4, -0.2) is 32.3 Å². The topological polar surface area (TPSA) is 88.9 Å². The predicted octanol–water partition coefficient (Wildman–Crippen LogP) is 6.12. The molecule has 11 heteroatoms. The van der Waals surface area contributed by atoms with Crippen LogP contribution < -0.4 is 10.6 Å². The summed E-state index contributed by atoms with van der Waals surface area (Å²) in [6, 6.07) is 11.3. The molecule has 1 heterocycles. The minimum atomic E-state index is -0.398. The van der Waals surface area contributed by atoms with Gasteiger partial charge in [-0.1, -0.05) is 72.5 Å². The summed E-state index contributed by atoms with van der Waals surface area (Å²) in [5.74, 6) is 0.195. The highest BCUT2D eigenvalue weighted by atomic mass is 35.5. The van der Waals surface area contributed by atoms with Crippen molar-refractivity contribution in [1.82, 2.24) is 20.1 Å². The van der Waals surface area contributed by atoms with E-state index >= 15 is 0 Å². The predicted molar refractivity (Wildman–Crippen MR) is 138 cm³/mol. The number of hydrogen-bond donors (Lipinski definition) is 2. The molecule has 2 aromatic carbocycles. The Morgan fingerprint density at radius 2 is 1.79 bits per heavy atom. The molecule has 0 radical (unpaired) electrons. The number of aromatic nitrogens is 3. The minimum Gasteiger partial charge on any atom is -0.342 e. The first-order chi connectivity index (χ1) is 16.2. The van der Waals surface area contributed by atoms with Crippen LogP contribution in [-0.2, 0) is 11.3 Å². The second-order valence-electron chi connectivity index (χ2n) is 7.72. The van der Waals surface area contributed by atoms with E-state index in [4.69, 9.17) is 34.8 Å². The van der Waals surface area contributed by atoms with Crippen LogP contribution >= 0.6 is 46.6 Å². The molecule has 3 rings (SSSR count). The molecule has 34 heavy (non-hydrogen) atoms. The van der Waals surface area contributed by atoms with Crippen molar-refractivity contribution in [1.29, 1.82) is 0 Å². The lowest BCUT2D eigenvalue weighted by atomic mass is 10.0. The maximum Gasteiger partial charge on any atom is 0.253 e. The van der Waals surface area contributed by atoms with Gasteiger partial charge in [-0.15, -0.1) is 10.2 Å². The third kappa shape index (κ3) is 6.44. The number of anilines is 1. The number of halogens is 3. The van der Waals surface area contributed by atoms with E-state index in [9.17, 15) is 9.59 Å². The van der Waals surface area contributed by atoms with Crippen molar-refractivity contribution in [3.05, 3.63) is 68.9 Å². The van der Waals surface area contributed by atoms with E-state index in [1.165, 1.54) is 11.8 Å². The number of rotatable bonds is 9. The molecule has 0 saturated carbocycles. The van der Waals surface area contributed by atoms with Crippen molar-refractivity contribution in [3.8, 4) is 0 Å². The summed E-state index contributed by atoms with van der Waals surface area (Å²) in [7, 11) is 0. The summed E-state index contributed by atoms with van der Waals surface area (Å²) in [5.41, 5.74) is 0.836. The van der Waals surface area contributed by atoms with E-state index in [2.05, 4.69) is 20.8 Å². The van der Waals surface area contributed by atoms with Crippen LogP contribution in [0.1, 0.15) is 43.0 Å². The molecule has 7 nitrogen and oxygen atoms in total. The number of amides is 2.